The summed E-state index contributed by atoms with van der Waals surface area (Å²) in [5, 5.41) is 18.0. The number of nitrogens with zero attached hydrogens (tertiary/aromatic N) is 2. The molecule has 0 aliphatic heterocycles. The highest BCUT2D eigenvalue weighted by Crippen LogP contribution is 2.25. The molecule has 2 N–H and O–H groups in total. The van der Waals surface area contributed by atoms with Gasteiger partial charge in [0.2, 0.25) is 0 Å². The molecular weight excluding hydrogens is 499 g/mol. The van der Waals surface area contributed by atoms with Crippen molar-refractivity contribution in [3.05, 3.63) is 72.2 Å². The largest absolute Gasteiger partial charge is 0.340 e. The fourth-order valence-electron chi connectivity index (χ4n) is 2.42. The van der Waals surface area contributed by atoms with Gasteiger partial charge in [-0.3, -0.25) is 19.7 Å². The Labute approximate surface area is 190 Å². The molecule has 0 aliphatic carbocycles. The lowest BCUT2D eigenvalue weighted by Gasteiger charge is -2.20. The number of hydrazone groups is 1. The molecule has 0 saturated heterocycles. The van der Waals surface area contributed by atoms with Crippen LogP contribution in [0.3, 0.4) is 0 Å². The standard InChI is InChI=1S/C19H17BrCl2N4O4/c1-10(2)17(24-18(27)13-5-4-12(21)8-15(13)22)19(28)25-23-9-11-3-6-14(20)16(7-11)26(29)30/h3-10,17H,1-2H3,(H,24,27)(H,25,28). The summed E-state index contributed by atoms with van der Waals surface area (Å²) in [6, 6.07) is 7.95. The van der Waals surface area contributed by atoms with Crippen LogP contribution in [0.25, 0.3) is 0 Å². The number of hydrogen-bond acceptors (Lipinski definition) is 5. The highest BCUT2D eigenvalue weighted by Gasteiger charge is 2.25. The lowest BCUT2D eigenvalue weighted by atomic mass is 10.0. The minimum absolute atomic E-state index is 0.127. The summed E-state index contributed by atoms with van der Waals surface area (Å²) >= 11 is 15.0. The van der Waals surface area contributed by atoms with E-state index in [1.165, 1.54) is 36.5 Å². The van der Waals surface area contributed by atoms with Crippen molar-refractivity contribution in [3.8, 4) is 0 Å². The van der Waals surface area contributed by atoms with Gasteiger partial charge in [-0.05, 0) is 46.1 Å². The fraction of sp³-hybridized carbons (Fsp3) is 0.211. The molecule has 0 spiro atoms. The maximum absolute atomic E-state index is 12.5. The van der Waals surface area contributed by atoms with Gasteiger partial charge < -0.3 is 5.32 Å². The number of nitro benzene ring substituents is 1. The monoisotopic (exact) mass is 514 g/mol. The smallest absolute Gasteiger partial charge is 0.284 e. The Morgan fingerprint density at radius 2 is 1.90 bits per heavy atom. The molecule has 2 aromatic carbocycles. The highest BCUT2D eigenvalue weighted by atomic mass is 79.9. The van der Waals surface area contributed by atoms with Crippen LogP contribution in [0.2, 0.25) is 10.0 Å². The molecule has 8 nitrogen and oxygen atoms in total. The van der Waals surface area contributed by atoms with Gasteiger partial charge in [0.25, 0.3) is 17.5 Å². The van der Waals surface area contributed by atoms with Crippen molar-refractivity contribution in [2.45, 2.75) is 19.9 Å². The molecule has 0 bridgehead atoms. The third kappa shape index (κ3) is 6.25. The molecule has 0 aromatic heterocycles. The summed E-state index contributed by atoms with van der Waals surface area (Å²) in [7, 11) is 0. The van der Waals surface area contributed by atoms with Crippen LogP contribution in [0, 0.1) is 16.0 Å². The third-order valence-corrected chi connectivity index (χ3v) is 5.19. The van der Waals surface area contributed by atoms with Crippen LogP contribution in [0.4, 0.5) is 5.69 Å². The van der Waals surface area contributed by atoms with Crippen LogP contribution in [-0.4, -0.2) is 29.0 Å². The normalized spacial score (nSPS) is 12.1. The van der Waals surface area contributed by atoms with E-state index in [0.29, 0.717) is 15.1 Å². The first-order valence-electron chi connectivity index (χ1n) is 8.63. The van der Waals surface area contributed by atoms with Gasteiger partial charge in [-0.1, -0.05) is 43.1 Å². The molecule has 2 amide bonds. The number of amides is 2. The second kappa shape index (κ2) is 10.5. The average Bonchev–Trinajstić information content (AvgIpc) is 2.66. The van der Waals surface area contributed by atoms with E-state index in [0.717, 1.165) is 0 Å². The summed E-state index contributed by atoms with van der Waals surface area (Å²) in [6.07, 6.45) is 1.27. The SMILES string of the molecule is CC(C)C(NC(=O)c1ccc(Cl)cc1Cl)C(=O)NN=Cc1ccc(Br)c([N+](=O)[O-])c1. The topological polar surface area (TPSA) is 114 Å². The van der Waals surface area contributed by atoms with E-state index in [-0.39, 0.29) is 22.2 Å². The first-order chi connectivity index (χ1) is 14.1. The Balaban J connectivity index is 2.09. The summed E-state index contributed by atoms with van der Waals surface area (Å²) in [6.45, 7) is 3.52. The molecule has 158 valence electrons. The first-order valence-corrected chi connectivity index (χ1v) is 10.2. The van der Waals surface area contributed by atoms with Gasteiger partial charge in [0.15, 0.2) is 0 Å². The lowest BCUT2D eigenvalue weighted by Crippen LogP contribution is -2.48. The van der Waals surface area contributed by atoms with E-state index in [4.69, 9.17) is 23.2 Å². The summed E-state index contributed by atoms with van der Waals surface area (Å²) in [5.74, 6) is -1.33. The number of rotatable bonds is 7. The number of nitro groups is 1. The van der Waals surface area contributed by atoms with Crippen LogP contribution in [0.1, 0.15) is 29.8 Å². The minimum Gasteiger partial charge on any atom is -0.340 e. The molecule has 30 heavy (non-hydrogen) atoms. The molecule has 0 saturated carbocycles. The van der Waals surface area contributed by atoms with Gasteiger partial charge >= 0.3 is 0 Å². The molecule has 0 radical (unpaired) electrons. The first kappa shape index (κ1) is 23.8. The number of hydrogen-bond donors (Lipinski definition) is 2. The lowest BCUT2D eigenvalue weighted by molar-refractivity contribution is -0.385. The van der Waals surface area contributed by atoms with E-state index in [9.17, 15) is 19.7 Å². The average molecular weight is 516 g/mol. The van der Waals surface area contributed by atoms with Crippen molar-refractivity contribution >= 4 is 62.8 Å². The molecule has 2 rings (SSSR count). The Kier molecular flexibility index (Phi) is 8.33. The number of carbonyl (C=O) groups is 2. The summed E-state index contributed by atoms with van der Waals surface area (Å²) < 4.78 is 0.331. The fourth-order valence-corrected chi connectivity index (χ4v) is 3.30. The molecule has 11 heteroatoms. The predicted molar refractivity (Wildman–Crippen MR) is 119 cm³/mol. The Hall–Kier alpha value is -2.49. The van der Waals surface area contributed by atoms with Gasteiger partial charge in [-0.25, -0.2) is 5.43 Å². The maximum atomic E-state index is 12.5. The Morgan fingerprint density at radius 3 is 2.50 bits per heavy atom. The van der Waals surface area contributed by atoms with Gasteiger partial charge in [0.05, 0.1) is 26.2 Å². The molecule has 1 atom stereocenters. The molecule has 1 unspecified atom stereocenters. The zero-order valence-corrected chi connectivity index (χ0v) is 19.0. The van der Waals surface area contributed by atoms with Crippen molar-refractivity contribution in [2.24, 2.45) is 11.0 Å². The van der Waals surface area contributed by atoms with E-state index in [1.807, 2.05) is 0 Å². The molecule has 0 aliphatic rings. The van der Waals surface area contributed by atoms with Gasteiger partial charge in [0.1, 0.15) is 6.04 Å². The quantitative estimate of drug-likeness (QED) is 0.319. The maximum Gasteiger partial charge on any atom is 0.284 e. The van der Waals surface area contributed by atoms with Crippen molar-refractivity contribution in [3.63, 3.8) is 0 Å². The zero-order valence-electron chi connectivity index (χ0n) is 15.9. The van der Waals surface area contributed by atoms with Crippen molar-refractivity contribution in [2.75, 3.05) is 0 Å². The number of nitrogens with one attached hydrogen (secondary N) is 2. The van der Waals surface area contributed by atoms with Crippen LogP contribution in [-0.2, 0) is 4.79 Å². The minimum atomic E-state index is -0.888. The second-order valence-corrected chi connectivity index (χ2v) is 8.22. The number of halogens is 3. The van der Waals surface area contributed by atoms with Gasteiger partial charge in [-0.15, -0.1) is 0 Å². The summed E-state index contributed by atoms with van der Waals surface area (Å²) in [5.41, 5.74) is 2.81. The van der Waals surface area contributed by atoms with Crippen molar-refractivity contribution in [1.82, 2.24) is 10.7 Å². The summed E-state index contributed by atoms with van der Waals surface area (Å²) in [4.78, 5) is 35.5. The zero-order chi connectivity index (χ0) is 22.4. The van der Waals surface area contributed by atoms with Gasteiger partial charge in [-0.2, -0.15) is 5.10 Å². The Bertz CT molecular complexity index is 1010. The highest BCUT2D eigenvalue weighted by molar-refractivity contribution is 9.10. The molecule has 2 aromatic rings. The van der Waals surface area contributed by atoms with E-state index in [2.05, 4.69) is 31.8 Å². The molecule has 0 heterocycles. The van der Waals surface area contributed by atoms with Crippen molar-refractivity contribution in [1.29, 1.82) is 0 Å². The van der Waals surface area contributed by atoms with E-state index in [1.54, 1.807) is 19.9 Å². The number of benzene rings is 2. The Morgan fingerprint density at radius 1 is 1.20 bits per heavy atom. The van der Waals surface area contributed by atoms with Gasteiger partial charge in [0, 0.05) is 16.7 Å². The van der Waals surface area contributed by atoms with E-state index < -0.39 is 22.8 Å². The third-order valence-electron chi connectivity index (χ3n) is 3.97. The van der Waals surface area contributed by atoms with Crippen LogP contribution in [0.15, 0.2) is 46.0 Å². The van der Waals surface area contributed by atoms with Crippen LogP contribution in [0.5, 0.6) is 0 Å². The van der Waals surface area contributed by atoms with Crippen molar-refractivity contribution < 1.29 is 14.5 Å². The number of carbonyl (C=O) groups excluding carboxylic acids is 2. The predicted octanol–water partition coefficient (Wildman–Crippen LogP) is 4.57. The van der Waals surface area contributed by atoms with Crippen LogP contribution >= 0.6 is 39.1 Å². The molecular formula is C19H17BrCl2N4O4. The molecule has 0 fully saturated rings. The van der Waals surface area contributed by atoms with E-state index >= 15 is 0 Å². The second-order valence-electron chi connectivity index (χ2n) is 6.52. The van der Waals surface area contributed by atoms with Crippen LogP contribution < -0.4 is 10.7 Å².